The van der Waals surface area contributed by atoms with E-state index in [2.05, 4.69) is 25.5 Å². The molecule has 0 atom stereocenters. The molecular weight excluding hydrogens is 406 g/mol. The van der Waals surface area contributed by atoms with E-state index in [9.17, 15) is 4.79 Å². The minimum atomic E-state index is -0.101. The summed E-state index contributed by atoms with van der Waals surface area (Å²) in [6.45, 7) is 1.85. The standard InChI is InChI=1S/C23H23N7O2/c31-23(26-19-7-2-1-6-18(19)16-30-13-5-12-25-30)29-14-9-17(10-15-29)22-27-21(28-32-22)20-8-3-4-11-24-20/h1-8,11-13,17H,9-10,14-16H2,(H,26,31). The molecule has 162 valence electrons. The molecule has 0 spiro atoms. The lowest BCUT2D eigenvalue weighted by atomic mass is 9.97. The van der Waals surface area contributed by atoms with Crippen LogP contribution >= 0.6 is 0 Å². The summed E-state index contributed by atoms with van der Waals surface area (Å²) in [5.41, 5.74) is 2.49. The van der Waals surface area contributed by atoms with E-state index in [1.807, 2.05) is 64.3 Å². The number of carbonyl (C=O) groups is 1. The lowest BCUT2D eigenvalue weighted by Gasteiger charge is -2.30. The summed E-state index contributed by atoms with van der Waals surface area (Å²) in [6, 6.07) is 15.2. The summed E-state index contributed by atoms with van der Waals surface area (Å²) >= 11 is 0. The largest absolute Gasteiger partial charge is 0.339 e. The van der Waals surface area contributed by atoms with Gasteiger partial charge in [0, 0.05) is 43.3 Å². The van der Waals surface area contributed by atoms with Crippen molar-refractivity contribution in [1.29, 1.82) is 0 Å². The Bertz CT molecular complexity index is 1170. The normalized spacial score (nSPS) is 14.4. The van der Waals surface area contributed by atoms with Crippen molar-refractivity contribution in [1.82, 2.24) is 29.8 Å². The molecule has 0 saturated carbocycles. The average Bonchev–Trinajstić information content (AvgIpc) is 3.54. The lowest BCUT2D eigenvalue weighted by Crippen LogP contribution is -2.40. The van der Waals surface area contributed by atoms with Gasteiger partial charge in [-0.15, -0.1) is 0 Å². The second kappa shape index (κ2) is 9.01. The lowest BCUT2D eigenvalue weighted by molar-refractivity contribution is 0.187. The summed E-state index contributed by atoms with van der Waals surface area (Å²) in [5, 5.41) is 11.4. The van der Waals surface area contributed by atoms with Crippen LogP contribution in [0, 0.1) is 0 Å². The highest BCUT2D eigenvalue weighted by Gasteiger charge is 2.28. The number of benzene rings is 1. The summed E-state index contributed by atoms with van der Waals surface area (Å²) in [6.07, 6.45) is 6.89. The van der Waals surface area contributed by atoms with Gasteiger partial charge in [-0.3, -0.25) is 9.67 Å². The van der Waals surface area contributed by atoms with Crippen molar-refractivity contribution in [2.24, 2.45) is 0 Å². The van der Waals surface area contributed by atoms with Crippen LogP contribution in [0.25, 0.3) is 11.5 Å². The van der Waals surface area contributed by atoms with Crippen LogP contribution in [0.5, 0.6) is 0 Å². The number of nitrogens with zero attached hydrogens (tertiary/aromatic N) is 6. The molecule has 0 bridgehead atoms. The fourth-order valence-corrected chi connectivity index (χ4v) is 3.87. The monoisotopic (exact) mass is 429 g/mol. The molecule has 1 N–H and O–H groups in total. The smallest absolute Gasteiger partial charge is 0.321 e. The summed E-state index contributed by atoms with van der Waals surface area (Å²) in [5.74, 6) is 1.24. The van der Waals surface area contributed by atoms with Crippen molar-refractivity contribution >= 4 is 11.7 Å². The molecule has 1 aliphatic heterocycles. The first-order chi connectivity index (χ1) is 15.8. The zero-order valence-corrected chi connectivity index (χ0v) is 17.5. The van der Waals surface area contributed by atoms with E-state index >= 15 is 0 Å². The molecule has 9 nitrogen and oxygen atoms in total. The van der Waals surface area contributed by atoms with Crippen LogP contribution in [0.15, 0.2) is 71.6 Å². The molecule has 4 aromatic rings. The number of piperidine rings is 1. The van der Waals surface area contributed by atoms with E-state index in [4.69, 9.17) is 4.52 Å². The van der Waals surface area contributed by atoms with E-state index in [0.29, 0.717) is 37.0 Å². The van der Waals surface area contributed by atoms with Crippen molar-refractivity contribution in [3.05, 3.63) is 78.6 Å². The molecule has 32 heavy (non-hydrogen) atoms. The fourth-order valence-electron chi connectivity index (χ4n) is 3.87. The van der Waals surface area contributed by atoms with Gasteiger partial charge in [0.25, 0.3) is 0 Å². The quantitative estimate of drug-likeness (QED) is 0.518. The number of likely N-dealkylation sites (tertiary alicyclic amines) is 1. The molecule has 0 unspecified atom stereocenters. The molecule has 9 heteroatoms. The van der Waals surface area contributed by atoms with Gasteiger partial charge in [-0.1, -0.05) is 29.4 Å². The Morgan fingerprint density at radius 1 is 1.06 bits per heavy atom. The number of aromatic nitrogens is 5. The number of nitrogens with one attached hydrogen (secondary N) is 1. The Balaban J connectivity index is 1.19. The zero-order valence-electron chi connectivity index (χ0n) is 17.5. The molecule has 1 aliphatic rings. The third-order valence-electron chi connectivity index (χ3n) is 5.62. The Kier molecular flexibility index (Phi) is 5.61. The highest BCUT2D eigenvalue weighted by Crippen LogP contribution is 2.28. The van der Waals surface area contributed by atoms with Gasteiger partial charge in [0.2, 0.25) is 11.7 Å². The van der Waals surface area contributed by atoms with Crippen molar-refractivity contribution in [3.8, 4) is 11.5 Å². The van der Waals surface area contributed by atoms with Crippen LogP contribution in [-0.4, -0.2) is 48.9 Å². The molecule has 3 aromatic heterocycles. The molecule has 2 amide bonds. The summed E-state index contributed by atoms with van der Waals surface area (Å²) in [4.78, 5) is 23.5. The van der Waals surface area contributed by atoms with Crippen molar-refractivity contribution in [2.75, 3.05) is 18.4 Å². The van der Waals surface area contributed by atoms with Gasteiger partial charge < -0.3 is 14.7 Å². The van der Waals surface area contributed by atoms with E-state index in [1.54, 1.807) is 12.4 Å². The fraction of sp³-hybridized carbons (Fsp3) is 0.261. The minimum Gasteiger partial charge on any atom is -0.339 e. The van der Waals surface area contributed by atoms with Crippen LogP contribution in [0.2, 0.25) is 0 Å². The SMILES string of the molecule is O=C(Nc1ccccc1Cn1cccn1)N1CCC(c2nc(-c3ccccn3)no2)CC1. The molecule has 0 radical (unpaired) electrons. The second-order valence-corrected chi connectivity index (χ2v) is 7.72. The number of rotatable bonds is 5. The molecule has 5 rings (SSSR count). The van der Waals surface area contributed by atoms with Crippen LogP contribution in [0.3, 0.4) is 0 Å². The van der Waals surface area contributed by atoms with Crippen molar-refractivity contribution in [2.45, 2.75) is 25.3 Å². The maximum absolute atomic E-state index is 12.9. The molecular formula is C23H23N7O2. The number of urea groups is 1. The molecule has 1 aromatic carbocycles. The van der Waals surface area contributed by atoms with Gasteiger partial charge in [-0.05, 0) is 42.7 Å². The van der Waals surface area contributed by atoms with Crippen LogP contribution in [0.4, 0.5) is 10.5 Å². The van der Waals surface area contributed by atoms with E-state index in [-0.39, 0.29) is 11.9 Å². The molecule has 0 aliphatic carbocycles. The Morgan fingerprint density at radius 2 is 1.91 bits per heavy atom. The second-order valence-electron chi connectivity index (χ2n) is 7.72. The number of pyridine rings is 1. The predicted molar refractivity (Wildman–Crippen MR) is 118 cm³/mol. The van der Waals surface area contributed by atoms with Gasteiger partial charge in [-0.25, -0.2) is 4.79 Å². The van der Waals surface area contributed by atoms with Gasteiger partial charge in [0.15, 0.2) is 0 Å². The first-order valence-corrected chi connectivity index (χ1v) is 10.6. The van der Waals surface area contributed by atoms with Crippen molar-refractivity contribution < 1.29 is 9.32 Å². The molecule has 1 fully saturated rings. The topological polar surface area (TPSA) is 102 Å². The van der Waals surface area contributed by atoms with Crippen LogP contribution in [0.1, 0.15) is 30.2 Å². The maximum Gasteiger partial charge on any atom is 0.321 e. The number of amides is 2. The first-order valence-electron chi connectivity index (χ1n) is 10.6. The third kappa shape index (κ3) is 4.36. The van der Waals surface area contributed by atoms with Crippen LogP contribution in [-0.2, 0) is 6.54 Å². The van der Waals surface area contributed by atoms with Gasteiger partial charge in [0.05, 0.1) is 6.54 Å². The molecule has 1 saturated heterocycles. The maximum atomic E-state index is 12.9. The zero-order chi connectivity index (χ0) is 21.8. The average molecular weight is 429 g/mol. The summed E-state index contributed by atoms with van der Waals surface area (Å²) < 4.78 is 7.32. The third-order valence-corrected chi connectivity index (χ3v) is 5.62. The summed E-state index contributed by atoms with van der Waals surface area (Å²) in [7, 11) is 0. The van der Waals surface area contributed by atoms with E-state index in [1.165, 1.54) is 0 Å². The first kappa shape index (κ1) is 19.9. The van der Waals surface area contributed by atoms with E-state index in [0.717, 1.165) is 24.1 Å². The Labute approximate surface area is 185 Å². The van der Waals surface area contributed by atoms with Gasteiger partial charge in [-0.2, -0.15) is 10.1 Å². The minimum absolute atomic E-state index is 0.101. The van der Waals surface area contributed by atoms with E-state index < -0.39 is 0 Å². The number of anilines is 1. The molecule has 4 heterocycles. The van der Waals surface area contributed by atoms with Gasteiger partial charge in [0.1, 0.15) is 5.69 Å². The number of hydrogen-bond donors (Lipinski definition) is 1. The van der Waals surface area contributed by atoms with Gasteiger partial charge >= 0.3 is 6.03 Å². The number of carbonyl (C=O) groups excluding carboxylic acids is 1. The Hall–Kier alpha value is -4.01. The number of hydrogen-bond acceptors (Lipinski definition) is 6. The predicted octanol–water partition coefficient (Wildman–Crippen LogP) is 3.79. The van der Waals surface area contributed by atoms with Crippen LogP contribution < -0.4 is 5.32 Å². The highest BCUT2D eigenvalue weighted by atomic mass is 16.5. The Morgan fingerprint density at radius 3 is 2.69 bits per heavy atom. The number of para-hydroxylation sites is 1. The van der Waals surface area contributed by atoms with Crippen molar-refractivity contribution in [3.63, 3.8) is 0 Å². The highest BCUT2D eigenvalue weighted by molar-refractivity contribution is 5.90.